The Hall–Kier alpha value is -4.34. The lowest BCUT2D eigenvalue weighted by Crippen LogP contribution is -2.22. The van der Waals surface area contributed by atoms with E-state index in [-0.39, 0.29) is 52.9 Å². The van der Waals surface area contributed by atoms with E-state index >= 15 is 0 Å². The van der Waals surface area contributed by atoms with Crippen molar-refractivity contribution in [2.75, 3.05) is 12.3 Å². The fourth-order valence-electron chi connectivity index (χ4n) is 2.79. The number of aliphatic hydroxyl groups excluding tert-OH is 1. The summed E-state index contributed by atoms with van der Waals surface area (Å²) in [6, 6.07) is 13.2. The van der Waals surface area contributed by atoms with Gasteiger partial charge < -0.3 is 25.2 Å². The van der Waals surface area contributed by atoms with Gasteiger partial charge in [-0.25, -0.2) is 4.68 Å². The van der Waals surface area contributed by atoms with Crippen molar-refractivity contribution in [3.8, 4) is 23.5 Å². The number of hydrogen-bond donors (Lipinski definition) is 2. The zero-order valence-corrected chi connectivity index (χ0v) is 15.0. The highest BCUT2D eigenvalue weighted by molar-refractivity contribution is 5.94. The van der Waals surface area contributed by atoms with E-state index in [1.54, 1.807) is 30.3 Å². The van der Waals surface area contributed by atoms with E-state index in [1.165, 1.54) is 16.8 Å². The zero-order valence-electron chi connectivity index (χ0n) is 15.0. The third-order valence-electron chi connectivity index (χ3n) is 4.12. The van der Waals surface area contributed by atoms with Crippen molar-refractivity contribution in [3.63, 3.8) is 0 Å². The number of aromatic carboxylic acids is 1. The molecular weight excluding hydrogens is 374 g/mol. The van der Waals surface area contributed by atoms with Gasteiger partial charge in [0.25, 0.3) is 0 Å². The molecule has 2 heterocycles. The number of nitrogen functional groups attached to an aromatic ring is 1. The van der Waals surface area contributed by atoms with Gasteiger partial charge in [-0.1, -0.05) is 24.3 Å². The van der Waals surface area contributed by atoms with Crippen molar-refractivity contribution in [1.82, 2.24) is 9.78 Å². The molecule has 0 fully saturated rings. The lowest BCUT2D eigenvalue weighted by atomic mass is 10.1. The molecule has 0 spiro atoms. The monoisotopic (exact) mass is 388 g/mol. The number of allylic oxidation sites excluding steroid dienone is 1. The Morgan fingerprint density at radius 1 is 1.31 bits per heavy atom. The van der Waals surface area contributed by atoms with Crippen molar-refractivity contribution in [3.05, 3.63) is 59.0 Å². The number of aromatic nitrogens is 2. The number of anilines is 1. The predicted molar refractivity (Wildman–Crippen MR) is 100 cm³/mol. The fourth-order valence-corrected chi connectivity index (χ4v) is 2.79. The summed E-state index contributed by atoms with van der Waals surface area (Å²) in [6.45, 7) is -0.161. The van der Waals surface area contributed by atoms with E-state index in [9.17, 15) is 20.4 Å². The summed E-state index contributed by atoms with van der Waals surface area (Å²) in [5.41, 5.74) is 6.27. The van der Waals surface area contributed by atoms with E-state index in [0.29, 0.717) is 5.56 Å². The number of carboxylic acids is 1. The number of carbonyl (C=O) groups is 1. The van der Waals surface area contributed by atoms with Crippen molar-refractivity contribution >= 4 is 23.4 Å². The summed E-state index contributed by atoms with van der Waals surface area (Å²) in [5.74, 6) is -0.765. The quantitative estimate of drug-likeness (QED) is 0.590. The smallest absolute Gasteiger partial charge is 0.140 e. The number of nitrogens with two attached hydrogens (primary N) is 1. The minimum atomic E-state index is -1.34. The van der Waals surface area contributed by atoms with E-state index in [1.807, 2.05) is 12.1 Å². The molecule has 0 radical (unpaired) electrons. The van der Waals surface area contributed by atoms with Crippen LogP contribution in [0.5, 0.6) is 0 Å². The molecule has 29 heavy (non-hydrogen) atoms. The van der Waals surface area contributed by atoms with Gasteiger partial charge in [-0.2, -0.15) is 15.6 Å². The predicted octanol–water partition coefficient (Wildman–Crippen LogP) is 1.02. The topological polar surface area (TPSA) is 165 Å². The standard InChI is InChI=1S/C20H15N5O4/c21-10-12(18-16(11-22)19(23)25(24-18)7-8-26)9-13-5-6-17(29-13)14-3-1-2-4-15(14)20(27)28/h1-6,9,26H,7-8,23H2,(H,27,28)/p-1/b12-9+. The molecule has 9 heteroatoms. The fraction of sp³-hybridized carbons (Fsp3) is 0.100. The molecule has 0 bridgehead atoms. The molecule has 0 saturated carbocycles. The first-order chi connectivity index (χ1) is 14.0. The average Bonchev–Trinajstić information content (AvgIpc) is 3.31. The molecule has 0 unspecified atom stereocenters. The van der Waals surface area contributed by atoms with Crippen molar-refractivity contribution in [2.24, 2.45) is 0 Å². The molecule has 3 N–H and O–H groups in total. The lowest BCUT2D eigenvalue weighted by molar-refractivity contribution is -0.254. The van der Waals surface area contributed by atoms with Gasteiger partial charge in [0.05, 0.1) is 24.7 Å². The third kappa shape index (κ3) is 3.72. The van der Waals surface area contributed by atoms with Gasteiger partial charge in [0.15, 0.2) is 0 Å². The molecule has 3 aromatic rings. The van der Waals surface area contributed by atoms with Crippen LogP contribution in [0.25, 0.3) is 23.0 Å². The van der Waals surface area contributed by atoms with Gasteiger partial charge in [0, 0.05) is 17.2 Å². The second-order valence-corrected chi connectivity index (χ2v) is 5.87. The summed E-state index contributed by atoms with van der Waals surface area (Å²) in [4.78, 5) is 11.3. The number of carbonyl (C=O) groups excluding carboxylic acids is 1. The third-order valence-corrected chi connectivity index (χ3v) is 4.12. The molecule has 0 aliphatic rings. The molecular formula is C20H14N5O4-. The number of furan rings is 1. The number of hydrogen-bond acceptors (Lipinski definition) is 8. The molecule has 1 aromatic carbocycles. The highest BCUT2D eigenvalue weighted by Gasteiger charge is 2.19. The van der Waals surface area contributed by atoms with Crippen LogP contribution < -0.4 is 10.8 Å². The van der Waals surface area contributed by atoms with Gasteiger partial charge >= 0.3 is 0 Å². The minimum Gasteiger partial charge on any atom is -0.545 e. The van der Waals surface area contributed by atoms with Crippen molar-refractivity contribution in [1.29, 1.82) is 10.5 Å². The number of aliphatic hydroxyl groups is 1. The Morgan fingerprint density at radius 3 is 2.72 bits per heavy atom. The average molecular weight is 388 g/mol. The molecule has 0 aliphatic carbocycles. The van der Waals surface area contributed by atoms with Gasteiger partial charge in [0.2, 0.25) is 0 Å². The normalized spacial score (nSPS) is 11.1. The van der Waals surface area contributed by atoms with Crippen molar-refractivity contribution in [2.45, 2.75) is 6.54 Å². The van der Waals surface area contributed by atoms with Gasteiger partial charge in [0.1, 0.15) is 40.7 Å². The Balaban J connectivity index is 2.04. The largest absolute Gasteiger partial charge is 0.545 e. The van der Waals surface area contributed by atoms with Crippen LogP contribution in [0, 0.1) is 22.7 Å². The summed E-state index contributed by atoms with van der Waals surface area (Å²) >= 11 is 0. The highest BCUT2D eigenvalue weighted by atomic mass is 16.4. The maximum absolute atomic E-state index is 11.3. The van der Waals surface area contributed by atoms with Gasteiger partial charge in [-0.3, -0.25) is 0 Å². The Morgan fingerprint density at radius 2 is 2.07 bits per heavy atom. The molecule has 0 amide bonds. The molecule has 0 saturated heterocycles. The molecule has 3 rings (SSSR count). The second-order valence-electron chi connectivity index (χ2n) is 5.87. The van der Waals surface area contributed by atoms with Gasteiger partial charge in [-0.15, -0.1) is 0 Å². The molecule has 9 nitrogen and oxygen atoms in total. The number of rotatable bonds is 6. The Bertz CT molecular complexity index is 1190. The lowest BCUT2D eigenvalue weighted by Gasteiger charge is -2.07. The molecule has 0 atom stereocenters. The Labute approximate surface area is 165 Å². The van der Waals surface area contributed by atoms with E-state index in [2.05, 4.69) is 5.10 Å². The number of nitriles is 2. The first kappa shape index (κ1) is 19.4. The van der Waals surface area contributed by atoms with Gasteiger partial charge in [-0.05, 0) is 12.1 Å². The van der Waals surface area contributed by atoms with Crippen LogP contribution in [-0.4, -0.2) is 27.5 Å². The summed E-state index contributed by atoms with van der Waals surface area (Å²) in [6.07, 6.45) is 1.37. The summed E-state index contributed by atoms with van der Waals surface area (Å²) < 4.78 is 6.90. The maximum atomic E-state index is 11.3. The number of carboxylic acid groups (broad SMARTS) is 1. The zero-order chi connectivity index (χ0) is 21.0. The van der Waals surface area contributed by atoms with E-state index in [4.69, 9.17) is 15.3 Å². The van der Waals surface area contributed by atoms with Crippen LogP contribution in [0.2, 0.25) is 0 Å². The van der Waals surface area contributed by atoms with Crippen LogP contribution in [-0.2, 0) is 6.54 Å². The molecule has 0 aliphatic heterocycles. The van der Waals surface area contributed by atoms with Crippen molar-refractivity contribution < 1.29 is 19.4 Å². The molecule has 144 valence electrons. The maximum Gasteiger partial charge on any atom is 0.140 e. The first-order valence-corrected chi connectivity index (χ1v) is 8.40. The highest BCUT2D eigenvalue weighted by Crippen LogP contribution is 2.29. The molecule has 2 aromatic heterocycles. The number of nitrogens with zero attached hydrogens (tertiary/aromatic N) is 4. The number of benzene rings is 1. The van der Waals surface area contributed by atoms with E-state index < -0.39 is 5.97 Å². The van der Waals surface area contributed by atoms with Crippen LogP contribution >= 0.6 is 0 Å². The second kappa shape index (κ2) is 8.13. The van der Waals surface area contributed by atoms with Crippen LogP contribution in [0.4, 0.5) is 5.82 Å². The first-order valence-electron chi connectivity index (χ1n) is 8.40. The van der Waals surface area contributed by atoms with Crippen LogP contribution in [0.15, 0.2) is 40.8 Å². The van der Waals surface area contributed by atoms with Crippen LogP contribution in [0.1, 0.15) is 27.4 Å². The summed E-state index contributed by atoms with van der Waals surface area (Å²) in [7, 11) is 0. The van der Waals surface area contributed by atoms with E-state index in [0.717, 1.165) is 0 Å². The SMILES string of the molecule is N#C/C(=C\c1ccc(-c2ccccc2C(=O)[O-])o1)c1nn(CCO)c(N)c1C#N. The van der Waals surface area contributed by atoms with Crippen LogP contribution in [0.3, 0.4) is 0 Å². The Kier molecular flexibility index (Phi) is 5.44. The minimum absolute atomic E-state index is 0.0142. The summed E-state index contributed by atoms with van der Waals surface area (Å²) in [5, 5.41) is 43.4.